The minimum atomic E-state index is -0.668. The van der Waals surface area contributed by atoms with Crippen LogP contribution in [0.2, 0.25) is 0 Å². The number of benzene rings is 1. The number of nitro benzene ring substituents is 1. The van der Waals surface area contributed by atoms with Crippen molar-refractivity contribution in [3.05, 3.63) is 39.2 Å². The zero-order valence-electron chi connectivity index (χ0n) is 11.5. The largest absolute Gasteiger partial charge is 0.351 e. The summed E-state index contributed by atoms with van der Waals surface area (Å²) in [5, 5.41) is 16.6. The van der Waals surface area contributed by atoms with Crippen molar-refractivity contribution < 1.29 is 14.1 Å². The topological polar surface area (TPSA) is 84.3 Å². The Kier molecular flexibility index (Phi) is 6.05. The van der Waals surface area contributed by atoms with Crippen LogP contribution in [0.4, 0.5) is 10.1 Å². The summed E-state index contributed by atoms with van der Waals surface area (Å²) in [4.78, 5) is 22.2. The van der Waals surface area contributed by atoms with Gasteiger partial charge in [0.25, 0.3) is 11.6 Å². The number of nitro groups is 1. The van der Waals surface area contributed by atoms with Crippen LogP contribution in [-0.2, 0) is 0 Å². The fourth-order valence-electron chi connectivity index (χ4n) is 1.81. The van der Waals surface area contributed by atoms with E-state index < -0.39 is 16.6 Å². The van der Waals surface area contributed by atoms with Gasteiger partial charge in [-0.25, -0.2) is 4.39 Å². The van der Waals surface area contributed by atoms with Gasteiger partial charge in [0.1, 0.15) is 11.4 Å². The van der Waals surface area contributed by atoms with Gasteiger partial charge in [0.15, 0.2) is 0 Å². The van der Waals surface area contributed by atoms with E-state index >= 15 is 0 Å². The number of halogens is 1. The van der Waals surface area contributed by atoms with Crippen molar-refractivity contribution >= 4 is 11.6 Å². The molecular formula is C13H18FN3O3. The zero-order valence-corrected chi connectivity index (χ0v) is 11.5. The lowest BCUT2D eigenvalue weighted by atomic mass is 10.1. The van der Waals surface area contributed by atoms with E-state index in [-0.39, 0.29) is 16.8 Å². The van der Waals surface area contributed by atoms with Crippen LogP contribution >= 0.6 is 0 Å². The molecule has 0 aromatic heterocycles. The highest BCUT2D eigenvalue weighted by Crippen LogP contribution is 2.24. The van der Waals surface area contributed by atoms with Crippen molar-refractivity contribution in [2.75, 3.05) is 19.6 Å². The molecule has 0 unspecified atom stereocenters. The highest BCUT2D eigenvalue weighted by molar-refractivity contribution is 5.98. The monoisotopic (exact) mass is 283 g/mol. The Morgan fingerprint density at radius 3 is 2.65 bits per heavy atom. The quantitative estimate of drug-likeness (QED) is 0.454. The maximum absolute atomic E-state index is 13.3. The first-order chi connectivity index (χ1) is 9.47. The molecule has 1 amide bonds. The highest BCUT2D eigenvalue weighted by Gasteiger charge is 2.23. The fraction of sp³-hybridized carbons (Fsp3) is 0.462. The summed E-state index contributed by atoms with van der Waals surface area (Å²) in [6.45, 7) is 5.13. The van der Waals surface area contributed by atoms with Gasteiger partial charge < -0.3 is 10.6 Å². The molecule has 0 aliphatic heterocycles. The molecular weight excluding hydrogens is 265 g/mol. The number of carbonyl (C=O) groups excluding carboxylic acids is 1. The summed E-state index contributed by atoms with van der Waals surface area (Å²) in [6.07, 6.45) is 0.975. The molecule has 1 rings (SSSR count). The van der Waals surface area contributed by atoms with E-state index in [2.05, 4.69) is 10.6 Å². The molecule has 0 radical (unpaired) electrons. The third kappa shape index (κ3) is 4.27. The molecule has 0 fully saturated rings. The van der Waals surface area contributed by atoms with E-state index in [1.165, 1.54) is 6.92 Å². The molecule has 0 aliphatic rings. The van der Waals surface area contributed by atoms with Crippen LogP contribution in [-0.4, -0.2) is 30.5 Å². The number of rotatable bonds is 7. The lowest BCUT2D eigenvalue weighted by Crippen LogP contribution is -2.32. The minimum absolute atomic E-state index is 0.129. The number of amides is 1. The van der Waals surface area contributed by atoms with E-state index in [9.17, 15) is 19.3 Å². The molecule has 1 aromatic carbocycles. The normalized spacial score (nSPS) is 10.3. The summed E-state index contributed by atoms with van der Waals surface area (Å²) >= 11 is 0. The van der Waals surface area contributed by atoms with Crippen molar-refractivity contribution in [3.63, 3.8) is 0 Å². The van der Waals surface area contributed by atoms with Gasteiger partial charge in [-0.2, -0.15) is 0 Å². The van der Waals surface area contributed by atoms with Crippen LogP contribution < -0.4 is 10.6 Å². The third-order valence-electron chi connectivity index (χ3n) is 2.71. The predicted octanol–water partition coefficient (Wildman–Crippen LogP) is 1.77. The van der Waals surface area contributed by atoms with Gasteiger partial charge in [0, 0.05) is 18.7 Å². The second kappa shape index (κ2) is 7.54. The summed E-state index contributed by atoms with van der Waals surface area (Å²) < 4.78 is 13.3. The number of nitrogens with one attached hydrogen (secondary N) is 2. The van der Waals surface area contributed by atoms with Crippen LogP contribution in [0.3, 0.4) is 0 Å². The van der Waals surface area contributed by atoms with Crippen LogP contribution in [0.25, 0.3) is 0 Å². The average molecular weight is 283 g/mol. The van der Waals surface area contributed by atoms with Gasteiger partial charge in [-0.3, -0.25) is 14.9 Å². The molecule has 1 aromatic rings. The molecule has 0 aliphatic carbocycles. The van der Waals surface area contributed by atoms with Crippen molar-refractivity contribution in [1.82, 2.24) is 10.6 Å². The first-order valence-corrected chi connectivity index (χ1v) is 6.40. The van der Waals surface area contributed by atoms with Gasteiger partial charge in [0.2, 0.25) is 0 Å². The molecule has 6 nitrogen and oxygen atoms in total. The minimum Gasteiger partial charge on any atom is -0.351 e. The fourth-order valence-corrected chi connectivity index (χ4v) is 1.81. The van der Waals surface area contributed by atoms with E-state index in [0.29, 0.717) is 13.1 Å². The number of aryl methyl sites for hydroxylation is 1. The van der Waals surface area contributed by atoms with E-state index in [0.717, 1.165) is 25.1 Å². The Balaban J connectivity index is 2.79. The van der Waals surface area contributed by atoms with Crippen LogP contribution in [0.1, 0.15) is 29.3 Å². The maximum Gasteiger partial charge on any atom is 0.285 e. The standard InChI is InChI=1S/C13H18FN3O3/c1-3-4-15-5-6-16-13(18)11-8-10(14)7-9(2)12(11)17(19)20/h7-8,15H,3-6H2,1-2H3,(H,16,18). The smallest absolute Gasteiger partial charge is 0.285 e. The van der Waals surface area contributed by atoms with Gasteiger partial charge >= 0.3 is 0 Å². The maximum atomic E-state index is 13.3. The van der Waals surface area contributed by atoms with E-state index in [4.69, 9.17) is 0 Å². The first-order valence-electron chi connectivity index (χ1n) is 6.40. The molecule has 2 N–H and O–H groups in total. The van der Waals surface area contributed by atoms with Crippen molar-refractivity contribution in [1.29, 1.82) is 0 Å². The van der Waals surface area contributed by atoms with Gasteiger partial charge in [-0.15, -0.1) is 0 Å². The third-order valence-corrected chi connectivity index (χ3v) is 2.71. The summed E-state index contributed by atoms with van der Waals surface area (Å²) in [6, 6.07) is 1.93. The van der Waals surface area contributed by atoms with E-state index in [1.54, 1.807) is 0 Å². The van der Waals surface area contributed by atoms with Crippen LogP contribution in [0.15, 0.2) is 12.1 Å². The number of nitrogens with zero attached hydrogens (tertiary/aromatic N) is 1. The zero-order chi connectivity index (χ0) is 15.1. The molecule has 110 valence electrons. The van der Waals surface area contributed by atoms with Crippen molar-refractivity contribution in [3.8, 4) is 0 Å². The average Bonchev–Trinajstić information content (AvgIpc) is 2.36. The molecule has 0 heterocycles. The van der Waals surface area contributed by atoms with Gasteiger partial charge in [-0.1, -0.05) is 6.92 Å². The second-order valence-electron chi connectivity index (χ2n) is 4.38. The van der Waals surface area contributed by atoms with Gasteiger partial charge in [0.05, 0.1) is 4.92 Å². The highest BCUT2D eigenvalue weighted by atomic mass is 19.1. The lowest BCUT2D eigenvalue weighted by molar-refractivity contribution is -0.385. The Labute approximate surface area is 116 Å². The molecule has 0 atom stereocenters. The number of hydrogen-bond acceptors (Lipinski definition) is 4. The summed E-state index contributed by atoms with van der Waals surface area (Å²) in [5.41, 5.74) is -0.474. The second-order valence-corrected chi connectivity index (χ2v) is 4.38. The Bertz CT molecular complexity index is 506. The molecule has 7 heteroatoms. The SMILES string of the molecule is CCCNCCNC(=O)c1cc(F)cc(C)c1[N+](=O)[O-]. The first kappa shape index (κ1) is 16.0. The summed E-state index contributed by atoms with van der Waals surface area (Å²) in [7, 11) is 0. The Morgan fingerprint density at radius 2 is 2.05 bits per heavy atom. The molecule has 0 saturated carbocycles. The van der Waals surface area contributed by atoms with Crippen molar-refractivity contribution in [2.24, 2.45) is 0 Å². The van der Waals surface area contributed by atoms with Gasteiger partial charge in [-0.05, 0) is 32.0 Å². The molecule has 0 saturated heterocycles. The Hall–Kier alpha value is -2.02. The molecule has 0 bridgehead atoms. The van der Waals surface area contributed by atoms with Crippen molar-refractivity contribution in [2.45, 2.75) is 20.3 Å². The molecule has 20 heavy (non-hydrogen) atoms. The van der Waals surface area contributed by atoms with Crippen LogP contribution in [0.5, 0.6) is 0 Å². The Morgan fingerprint density at radius 1 is 1.35 bits per heavy atom. The van der Waals surface area contributed by atoms with Crippen LogP contribution in [0, 0.1) is 22.9 Å². The lowest BCUT2D eigenvalue weighted by Gasteiger charge is -2.08. The predicted molar refractivity (Wildman–Crippen MR) is 73.3 cm³/mol. The number of hydrogen-bond donors (Lipinski definition) is 2. The number of carbonyl (C=O) groups is 1. The molecule has 0 spiro atoms. The summed E-state index contributed by atoms with van der Waals surface area (Å²) in [5.74, 6) is -1.31. The van der Waals surface area contributed by atoms with E-state index in [1.807, 2.05) is 6.92 Å².